The van der Waals surface area contributed by atoms with E-state index in [-0.39, 0.29) is 18.1 Å². The van der Waals surface area contributed by atoms with Crippen molar-refractivity contribution in [1.29, 1.82) is 0 Å². The normalized spacial score (nSPS) is 18.8. The molecule has 5 nitrogen and oxygen atoms in total. The van der Waals surface area contributed by atoms with Crippen LogP contribution in [-0.4, -0.2) is 63.4 Å². The fourth-order valence-electron chi connectivity index (χ4n) is 2.50. The van der Waals surface area contributed by atoms with Crippen LogP contribution in [0.15, 0.2) is 0 Å². The Bertz CT molecular complexity index is 265. The van der Waals surface area contributed by atoms with Crippen LogP contribution in [0.25, 0.3) is 0 Å². The molecule has 1 saturated heterocycles. The molecule has 112 valence electrons. The summed E-state index contributed by atoms with van der Waals surface area (Å²) in [6.07, 6.45) is 2.23. The fourth-order valence-corrected chi connectivity index (χ4v) is 2.50. The number of nitrogens with one attached hydrogen (secondary N) is 1. The lowest BCUT2D eigenvalue weighted by Gasteiger charge is -2.29. The summed E-state index contributed by atoms with van der Waals surface area (Å²) in [6, 6.07) is 0.00965. The third-order valence-corrected chi connectivity index (χ3v) is 3.43. The first kappa shape index (κ1) is 16.4. The van der Waals surface area contributed by atoms with Crippen LogP contribution in [0.5, 0.6) is 0 Å². The van der Waals surface area contributed by atoms with Gasteiger partial charge in [-0.25, -0.2) is 0 Å². The van der Waals surface area contributed by atoms with E-state index in [1.807, 2.05) is 13.8 Å². The molecule has 0 radical (unpaired) electrons. The molecule has 1 fully saturated rings. The van der Waals surface area contributed by atoms with Crippen molar-refractivity contribution in [3.63, 3.8) is 0 Å². The van der Waals surface area contributed by atoms with Crippen molar-refractivity contribution < 1.29 is 14.3 Å². The Morgan fingerprint density at radius 1 is 1.42 bits per heavy atom. The molecule has 19 heavy (non-hydrogen) atoms. The minimum Gasteiger partial charge on any atom is -0.468 e. The summed E-state index contributed by atoms with van der Waals surface area (Å²) in [5.74, 6) is 0.489. The van der Waals surface area contributed by atoms with Crippen LogP contribution >= 0.6 is 0 Å². The summed E-state index contributed by atoms with van der Waals surface area (Å²) < 4.78 is 10.2. The third kappa shape index (κ3) is 6.36. The highest BCUT2D eigenvalue weighted by Gasteiger charge is 2.23. The number of rotatable bonds is 7. The van der Waals surface area contributed by atoms with Crippen LogP contribution in [-0.2, 0) is 14.3 Å². The van der Waals surface area contributed by atoms with Gasteiger partial charge in [-0.05, 0) is 25.8 Å². The van der Waals surface area contributed by atoms with E-state index in [1.165, 1.54) is 7.11 Å². The SMILES string of the molecule is COC(=O)C(CN(C)CC1CCOCC1)NC(C)C. The highest BCUT2D eigenvalue weighted by molar-refractivity contribution is 5.75. The Morgan fingerprint density at radius 2 is 2.05 bits per heavy atom. The first-order valence-corrected chi connectivity index (χ1v) is 7.13. The van der Waals surface area contributed by atoms with Gasteiger partial charge in [-0.3, -0.25) is 4.79 Å². The second-order valence-electron chi connectivity index (χ2n) is 5.67. The number of hydrogen-bond donors (Lipinski definition) is 1. The molecule has 1 N–H and O–H groups in total. The molecule has 1 atom stereocenters. The van der Waals surface area contributed by atoms with Crippen molar-refractivity contribution in [3.05, 3.63) is 0 Å². The van der Waals surface area contributed by atoms with Crippen molar-refractivity contribution in [3.8, 4) is 0 Å². The quantitative estimate of drug-likeness (QED) is 0.697. The molecule has 1 rings (SSSR count). The lowest BCUT2D eigenvalue weighted by atomic mass is 10.00. The second kappa shape index (κ2) is 8.51. The standard InChI is InChI=1S/C14H28N2O3/c1-11(2)15-13(14(17)18-4)10-16(3)9-12-5-7-19-8-6-12/h11-13,15H,5-10H2,1-4H3. The zero-order valence-electron chi connectivity index (χ0n) is 12.6. The van der Waals surface area contributed by atoms with E-state index in [0.717, 1.165) is 32.6 Å². The van der Waals surface area contributed by atoms with E-state index in [0.29, 0.717) is 12.5 Å². The monoisotopic (exact) mass is 272 g/mol. The van der Waals surface area contributed by atoms with Gasteiger partial charge in [0.2, 0.25) is 0 Å². The Morgan fingerprint density at radius 3 is 2.58 bits per heavy atom. The summed E-state index contributed by atoms with van der Waals surface area (Å²) in [4.78, 5) is 14.0. The number of methoxy groups -OCH3 is 1. The molecule has 0 amide bonds. The van der Waals surface area contributed by atoms with Crippen molar-refractivity contribution in [1.82, 2.24) is 10.2 Å². The molecule has 1 heterocycles. The van der Waals surface area contributed by atoms with Gasteiger partial charge in [0.15, 0.2) is 0 Å². The average Bonchev–Trinajstić information content (AvgIpc) is 2.37. The van der Waals surface area contributed by atoms with Gasteiger partial charge in [0.1, 0.15) is 6.04 Å². The number of carbonyl (C=O) groups is 1. The molecule has 0 aromatic carbocycles. The fraction of sp³-hybridized carbons (Fsp3) is 0.929. The second-order valence-corrected chi connectivity index (χ2v) is 5.67. The van der Waals surface area contributed by atoms with E-state index in [1.54, 1.807) is 0 Å². The first-order chi connectivity index (χ1) is 9.02. The maximum absolute atomic E-state index is 11.7. The Hall–Kier alpha value is -0.650. The number of likely N-dealkylation sites (N-methyl/N-ethyl adjacent to an activating group) is 1. The summed E-state index contributed by atoms with van der Waals surface area (Å²) >= 11 is 0. The predicted octanol–water partition coefficient (Wildman–Crippen LogP) is 0.884. The molecular formula is C14H28N2O3. The van der Waals surface area contributed by atoms with Crippen LogP contribution < -0.4 is 5.32 Å². The number of ether oxygens (including phenoxy) is 2. The zero-order valence-corrected chi connectivity index (χ0v) is 12.6. The lowest BCUT2D eigenvalue weighted by molar-refractivity contribution is -0.143. The van der Waals surface area contributed by atoms with Crippen molar-refractivity contribution in [2.45, 2.75) is 38.8 Å². The molecule has 1 aliphatic heterocycles. The van der Waals surface area contributed by atoms with Gasteiger partial charge >= 0.3 is 5.97 Å². The smallest absolute Gasteiger partial charge is 0.324 e. The number of hydrogen-bond acceptors (Lipinski definition) is 5. The van der Waals surface area contributed by atoms with Gasteiger partial charge in [-0.2, -0.15) is 0 Å². The van der Waals surface area contributed by atoms with E-state index in [9.17, 15) is 4.79 Å². The van der Waals surface area contributed by atoms with Crippen LogP contribution in [0.1, 0.15) is 26.7 Å². The molecular weight excluding hydrogens is 244 g/mol. The Labute approximate surface area is 116 Å². The molecule has 0 bridgehead atoms. The van der Waals surface area contributed by atoms with E-state index in [2.05, 4.69) is 17.3 Å². The predicted molar refractivity (Wildman–Crippen MR) is 75.1 cm³/mol. The first-order valence-electron chi connectivity index (χ1n) is 7.13. The van der Waals surface area contributed by atoms with Crippen molar-refractivity contribution >= 4 is 5.97 Å². The topological polar surface area (TPSA) is 50.8 Å². The molecule has 0 aromatic rings. The Kier molecular flexibility index (Phi) is 7.34. The third-order valence-electron chi connectivity index (χ3n) is 3.43. The lowest BCUT2D eigenvalue weighted by Crippen LogP contribution is -2.49. The van der Waals surface area contributed by atoms with Gasteiger partial charge in [-0.1, -0.05) is 13.8 Å². The van der Waals surface area contributed by atoms with Crippen molar-refractivity contribution in [2.75, 3.05) is 40.5 Å². The molecule has 0 spiro atoms. The van der Waals surface area contributed by atoms with Gasteiger partial charge in [0, 0.05) is 32.3 Å². The summed E-state index contributed by atoms with van der Waals surface area (Å²) in [5.41, 5.74) is 0. The molecule has 1 aliphatic rings. The molecule has 0 aromatic heterocycles. The largest absolute Gasteiger partial charge is 0.468 e. The molecule has 0 aliphatic carbocycles. The van der Waals surface area contributed by atoms with E-state index in [4.69, 9.17) is 9.47 Å². The number of esters is 1. The number of carbonyl (C=O) groups excluding carboxylic acids is 1. The average molecular weight is 272 g/mol. The van der Waals surface area contributed by atoms with Gasteiger partial charge in [0.25, 0.3) is 0 Å². The zero-order chi connectivity index (χ0) is 14.3. The summed E-state index contributed by atoms with van der Waals surface area (Å²) in [7, 11) is 3.50. The van der Waals surface area contributed by atoms with Crippen LogP contribution in [0, 0.1) is 5.92 Å². The minimum absolute atomic E-state index is 0.187. The van der Waals surface area contributed by atoms with Crippen LogP contribution in [0.4, 0.5) is 0 Å². The van der Waals surface area contributed by atoms with Crippen LogP contribution in [0.3, 0.4) is 0 Å². The molecule has 0 saturated carbocycles. The van der Waals surface area contributed by atoms with Crippen molar-refractivity contribution in [2.24, 2.45) is 5.92 Å². The molecule has 1 unspecified atom stereocenters. The van der Waals surface area contributed by atoms with E-state index >= 15 is 0 Å². The van der Waals surface area contributed by atoms with Gasteiger partial charge in [0.05, 0.1) is 7.11 Å². The number of nitrogens with zero attached hydrogens (tertiary/aromatic N) is 1. The summed E-state index contributed by atoms with van der Waals surface area (Å²) in [6.45, 7) is 7.49. The summed E-state index contributed by atoms with van der Waals surface area (Å²) in [5, 5.41) is 3.26. The van der Waals surface area contributed by atoms with Gasteiger partial charge in [-0.15, -0.1) is 0 Å². The molecule has 5 heteroatoms. The van der Waals surface area contributed by atoms with E-state index < -0.39 is 0 Å². The minimum atomic E-state index is -0.255. The maximum atomic E-state index is 11.7. The Balaban J connectivity index is 2.40. The highest BCUT2D eigenvalue weighted by Crippen LogP contribution is 2.15. The van der Waals surface area contributed by atoms with Crippen LogP contribution in [0.2, 0.25) is 0 Å². The highest BCUT2D eigenvalue weighted by atomic mass is 16.5. The van der Waals surface area contributed by atoms with Gasteiger partial charge < -0.3 is 19.7 Å². The maximum Gasteiger partial charge on any atom is 0.324 e.